The maximum absolute atomic E-state index is 13.6. The van der Waals surface area contributed by atoms with Gasteiger partial charge in [0.05, 0.1) is 6.61 Å². The van der Waals surface area contributed by atoms with Crippen molar-refractivity contribution < 1.29 is 18.3 Å². The van der Waals surface area contributed by atoms with Gasteiger partial charge < -0.3 is 9.72 Å². The van der Waals surface area contributed by atoms with Gasteiger partial charge in [-0.1, -0.05) is 0 Å². The fourth-order valence-electron chi connectivity index (χ4n) is 1.67. The molecule has 1 aromatic carbocycles. The molecule has 0 saturated heterocycles. The minimum absolute atomic E-state index is 0.153. The van der Waals surface area contributed by atoms with Crippen LogP contribution in [-0.4, -0.2) is 17.6 Å². The Kier molecular flexibility index (Phi) is 3.41. The molecule has 18 heavy (non-hydrogen) atoms. The summed E-state index contributed by atoms with van der Waals surface area (Å²) in [4.78, 5) is 14.3. The highest BCUT2D eigenvalue weighted by atomic mass is 19.1. The van der Waals surface area contributed by atoms with E-state index in [9.17, 15) is 13.6 Å². The third-order valence-corrected chi connectivity index (χ3v) is 2.45. The third-order valence-electron chi connectivity index (χ3n) is 2.45. The Morgan fingerprint density at radius 3 is 2.72 bits per heavy atom. The van der Waals surface area contributed by atoms with E-state index in [0.717, 1.165) is 12.1 Å². The lowest BCUT2D eigenvalue weighted by Crippen LogP contribution is -2.06. The molecule has 2 aromatic rings. The molecule has 0 aliphatic heterocycles. The first-order chi connectivity index (χ1) is 8.63. The molecule has 0 aliphatic carbocycles. The molecule has 0 bridgehead atoms. The molecule has 2 rings (SSSR count). The minimum atomic E-state index is -0.722. The summed E-state index contributed by atoms with van der Waals surface area (Å²) in [6, 6.07) is 4.75. The quantitative estimate of drug-likeness (QED) is 0.851. The van der Waals surface area contributed by atoms with Crippen molar-refractivity contribution >= 4 is 5.97 Å². The molecular weight excluding hydrogens is 240 g/mol. The van der Waals surface area contributed by atoms with Crippen molar-refractivity contribution in [2.24, 2.45) is 0 Å². The molecule has 5 heteroatoms. The van der Waals surface area contributed by atoms with Crippen LogP contribution in [-0.2, 0) is 4.74 Å². The lowest BCUT2D eigenvalue weighted by atomic mass is 10.1. The first-order valence-electron chi connectivity index (χ1n) is 5.43. The molecule has 0 fully saturated rings. The van der Waals surface area contributed by atoms with E-state index in [2.05, 4.69) is 4.98 Å². The number of carbonyl (C=O) groups excluding carboxylic acids is 1. The van der Waals surface area contributed by atoms with E-state index in [-0.39, 0.29) is 17.9 Å². The summed E-state index contributed by atoms with van der Waals surface area (Å²) >= 11 is 0. The van der Waals surface area contributed by atoms with Crippen LogP contribution in [0, 0.1) is 11.6 Å². The number of hydrogen-bond acceptors (Lipinski definition) is 2. The van der Waals surface area contributed by atoms with E-state index in [4.69, 9.17) is 4.74 Å². The SMILES string of the molecule is CCOC(=O)c1[nH]ccc1-c1ccc(F)cc1F. The number of aromatic nitrogens is 1. The average molecular weight is 251 g/mol. The van der Waals surface area contributed by atoms with Crippen LogP contribution in [0.1, 0.15) is 17.4 Å². The van der Waals surface area contributed by atoms with E-state index in [1.54, 1.807) is 13.0 Å². The van der Waals surface area contributed by atoms with Crippen LogP contribution in [0.4, 0.5) is 8.78 Å². The summed E-state index contributed by atoms with van der Waals surface area (Å²) in [6.07, 6.45) is 1.50. The summed E-state index contributed by atoms with van der Waals surface area (Å²) in [7, 11) is 0. The zero-order valence-corrected chi connectivity index (χ0v) is 9.67. The van der Waals surface area contributed by atoms with E-state index in [1.807, 2.05) is 0 Å². The summed E-state index contributed by atoms with van der Waals surface area (Å²) in [6.45, 7) is 1.90. The molecule has 0 saturated carbocycles. The van der Waals surface area contributed by atoms with Gasteiger partial charge in [-0.15, -0.1) is 0 Å². The number of benzene rings is 1. The van der Waals surface area contributed by atoms with Crippen LogP contribution >= 0.6 is 0 Å². The molecule has 3 nitrogen and oxygen atoms in total. The van der Waals surface area contributed by atoms with E-state index < -0.39 is 17.6 Å². The first kappa shape index (κ1) is 12.3. The van der Waals surface area contributed by atoms with Crippen molar-refractivity contribution in [2.45, 2.75) is 6.92 Å². The van der Waals surface area contributed by atoms with Crippen LogP contribution in [0.5, 0.6) is 0 Å². The molecule has 0 unspecified atom stereocenters. The van der Waals surface area contributed by atoms with E-state index >= 15 is 0 Å². The fraction of sp³-hybridized carbons (Fsp3) is 0.154. The maximum atomic E-state index is 13.6. The van der Waals surface area contributed by atoms with Gasteiger partial charge in [-0.2, -0.15) is 0 Å². The zero-order chi connectivity index (χ0) is 13.1. The molecule has 94 valence electrons. The van der Waals surface area contributed by atoms with Crippen molar-refractivity contribution in [3.8, 4) is 11.1 Å². The second-order valence-electron chi connectivity index (χ2n) is 3.61. The third kappa shape index (κ3) is 2.25. The molecule has 1 aromatic heterocycles. The molecule has 0 spiro atoms. The number of ether oxygens (including phenoxy) is 1. The van der Waals surface area contributed by atoms with Crippen molar-refractivity contribution in [3.05, 3.63) is 47.8 Å². The number of hydrogen-bond donors (Lipinski definition) is 1. The highest BCUT2D eigenvalue weighted by molar-refractivity contribution is 5.95. The molecular formula is C13H11F2NO2. The van der Waals surface area contributed by atoms with Gasteiger partial charge in [0.25, 0.3) is 0 Å². The number of nitrogens with one attached hydrogen (secondary N) is 1. The van der Waals surface area contributed by atoms with Gasteiger partial charge in [0.2, 0.25) is 0 Å². The smallest absolute Gasteiger partial charge is 0.355 e. The standard InChI is InChI=1S/C13H11F2NO2/c1-2-18-13(17)12-10(5-6-16-12)9-4-3-8(14)7-11(9)15/h3-7,16H,2H2,1H3. The number of esters is 1. The molecule has 0 aliphatic rings. The molecule has 0 amide bonds. The van der Waals surface area contributed by atoms with Crippen molar-refractivity contribution in [3.63, 3.8) is 0 Å². The Balaban J connectivity index is 2.45. The Morgan fingerprint density at radius 2 is 2.06 bits per heavy atom. The van der Waals surface area contributed by atoms with Crippen LogP contribution < -0.4 is 0 Å². The summed E-state index contributed by atoms with van der Waals surface area (Å²) in [5, 5.41) is 0. The summed E-state index contributed by atoms with van der Waals surface area (Å²) in [5.41, 5.74) is 0.661. The van der Waals surface area contributed by atoms with Crippen LogP contribution in [0.2, 0.25) is 0 Å². The predicted octanol–water partition coefficient (Wildman–Crippen LogP) is 3.14. The number of aromatic amines is 1. The lowest BCUT2D eigenvalue weighted by Gasteiger charge is -2.05. The summed E-state index contributed by atoms with van der Waals surface area (Å²) in [5.74, 6) is -1.95. The van der Waals surface area contributed by atoms with Gasteiger partial charge >= 0.3 is 5.97 Å². The van der Waals surface area contributed by atoms with Gasteiger partial charge in [0.1, 0.15) is 17.3 Å². The molecule has 0 radical (unpaired) electrons. The Bertz CT molecular complexity index is 578. The lowest BCUT2D eigenvalue weighted by molar-refractivity contribution is 0.0521. The van der Waals surface area contributed by atoms with E-state index in [1.165, 1.54) is 12.3 Å². The van der Waals surface area contributed by atoms with Crippen molar-refractivity contribution in [1.82, 2.24) is 4.98 Å². The number of halogens is 2. The Labute approximate surface area is 102 Å². The van der Waals surface area contributed by atoms with Crippen molar-refractivity contribution in [2.75, 3.05) is 6.61 Å². The van der Waals surface area contributed by atoms with Crippen molar-refractivity contribution in [1.29, 1.82) is 0 Å². The Hall–Kier alpha value is -2.17. The molecule has 1 heterocycles. The normalized spacial score (nSPS) is 10.4. The molecule has 0 atom stereocenters. The summed E-state index contributed by atoms with van der Waals surface area (Å²) < 4.78 is 31.3. The van der Waals surface area contributed by atoms with Crippen LogP contribution in [0.25, 0.3) is 11.1 Å². The number of H-pyrrole nitrogens is 1. The highest BCUT2D eigenvalue weighted by Gasteiger charge is 2.17. The topological polar surface area (TPSA) is 42.1 Å². The van der Waals surface area contributed by atoms with Crippen LogP contribution in [0.15, 0.2) is 30.5 Å². The van der Waals surface area contributed by atoms with Gasteiger partial charge in [0.15, 0.2) is 0 Å². The zero-order valence-electron chi connectivity index (χ0n) is 9.67. The average Bonchev–Trinajstić information content (AvgIpc) is 2.78. The minimum Gasteiger partial charge on any atom is -0.461 e. The van der Waals surface area contributed by atoms with Crippen LogP contribution in [0.3, 0.4) is 0 Å². The highest BCUT2D eigenvalue weighted by Crippen LogP contribution is 2.26. The fourth-order valence-corrected chi connectivity index (χ4v) is 1.67. The predicted molar refractivity (Wildman–Crippen MR) is 62.1 cm³/mol. The van der Waals surface area contributed by atoms with E-state index in [0.29, 0.717) is 5.56 Å². The maximum Gasteiger partial charge on any atom is 0.355 e. The van der Waals surface area contributed by atoms with Gasteiger partial charge in [-0.05, 0) is 25.1 Å². The second-order valence-corrected chi connectivity index (χ2v) is 3.61. The van der Waals surface area contributed by atoms with Gasteiger partial charge in [-0.25, -0.2) is 13.6 Å². The van der Waals surface area contributed by atoms with Gasteiger partial charge in [-0.3, -0.25) is 0 Å². The van der Waals surface area contributed by atoms with Gasteiger partial charge in [0, 0.05) is 23.4 Å². The number of rotatable bonds is 3. The second kappa shape index (κ2) is 5.00. The molecule has 1 N–H and O–H groups in total. The number of carbonyl (C=O) groups is 1. The Morgan fingerprint density at radius 1 is 1.28 bits per heavy atom. The first-order valence-corrected chi connectivity index (χ1v) is 5.43. The largest absolute Gasteiger partial charge is 0.461 e. The monoisotopic (exact) mass is 251 g/mol.